The summed E-state index contributed by atoms with van der Waals surface area (Å²) >= 11 is 0. The molecule has 2 aromatic rings. The number of hydrogen-bond acceptors (Lipinski definition) is 3. The standard InChI is InChI=1S/C21H19NO4/c1-14-6-8-16(9-7-14)10-11-19(23)17-4-3-5-18(13-17)22-20(24)12-15(2)21(25)26/h3-11,13H,2,12H2,1H3,(H,22,24)(H,25,26). The van der Waals surface area contributed by atoms with Crippen molar-refractivity contribution in [2.24, 2.45) is 0 Å². The normalized spacial score (nSPS) is 10.5. The summed E-state index contributed by atoms with van der Waals surface area (Å²) < 4.78 is 0. The predicted molar refractivity (Wildman–Crippen MR) is 101 cm³/mol. The maximum atomic E-state index is 12.3. The molecule has 0 aromatic heterocycles. The Balaban J connectivity index is 2.04. The molecule has 0 spiro atoms. The van der Waals surface area contributed by atoms with Crippen LogP contribution in [0, 0.1) is 6.92 Å². The van der Waals surface area contributed by atoms with Crippen LogP contribution in [-0.4, -0.2) is 22.8 Å². The quantitative estimate of drug-likeness (QED) is 0.587. The molecule has 0 fully saturated rings. The van der Waals surface area contributed by atoms with E-state index in [1.807, 2.05) is 31.2 Å². The lowest BCUT2D eigenvalue weighted by Gasteiger charge is -2.06. The highest BCUT2D eigenvalue weighted by molar-refractivity contribution is 6.08. The van der Waals surface area contributed by atoms with Crippen molar-refractivity contribution >= 4 is 29.4 Å². The van der Waals surface area contributed by atoms with Crippen LogP contribution in [0.25, 0.3) is 6.08 Å². The zero-order valence-electron chi connectivity index (χ0n) is 14.4. The molecule has 0 bridgehead atoms. The van der Waals surface area contributed by atoms with Gasteiger partial charge in [-0.2, -0.15) is 0 Å². The van der Waals surface area contributed by atoms with Gasteiger partial charge in [-0.3, -0.25) is 9.59 Å². The van der Waals surface area contributed by atoms with E-state index in [0.717, 1.165) is 11.1 Å². The second kappa shape index (κ2) is 8.58. The van der Waals surface area contributed by atoms with Crippen LogP contribution in [0.1, 0.15) is 27.9 Å². The Hall–Kier alpha value is -3.47. The number of anilines is 1. The van der Waals surface area contributed by atoms with Crippen LogP contribution >= 0.6 is 0 Å². The number of aryl methyl sites for hydroxylation is 1. The summed E-state index contributed by atoms with van der Waals surface area (Å²) in [6.45, 7) is 5.31. The van der Waals surface area contributed by atoms with Gasteiger partial charge in [0.2, 0.25) is 5.91 Å². The Morgan fingerprint density at radius 2 is 1.81 bits per heavy atom. The highest BCUT2D eigenvalue weighted by Gasteiger charge is 2.11. The van der Waals surface area contributed by atoms with Crippen LogP contribution in [0.4, 0.5) is 5.69 Å². The lowest BCUT2D eigenvalue weighted by atomic mass is 10.1. The van der Waals surface area contributed by atoms with Crippen molar-refractivity contribution < 1.29 is 19.5 Å². The molecule has 0 atom stereocenters. The van der Waals surface area contributed by atoms with E-state index in [1.54, 1.807) is 30.3 Å². The Bertz CT molecular complexity index is 879. The molecule has 0 aliphatic heterocycles. The molecule has 1 amide bonds. The zero-order chi connectivity index (χ0) is 19.1. The molecule has 0 saturated heterocycles. The minimum absolute atomic E-state index is 0.198. The van der Waals surface area contributed by atoms with E-state index < -0.39 is 11.9 Å². The minimum atomic E-state index is -1.22. The maximum absolute atomic E-state index is 12.3. The van der Waals surface area contributed by atoms with Gasteiger partial charge in [0.05, 0.1) is 6.42 Å². The van der Waals surface area contributed by atoms with Crippen LogP contribution in [0.5, 0.6) is 0 Å². The molecule has 2 aromatic carbocycles. The highest BCUT2D eigenvalue weighted by Crippen LogP contribution is 2.14. The number of carboxylic acids is 1. The van der Waals surface area contributed by atoms with E-state index in [1.165, 1.54) is 6.08 Å². The number of rotatable bonds is 7. The van der Waals surface area contributed by atoms with Gasteiger partial charge in [-0.25, -0.2) is 4.79 Å². The third-order valence-corrected chi connectivity index (χ3v) is 3.61. The molecule has 0 radical (unpaired) electrons. The second-order valence-electron chi connectivity index (χ2n) is 5.82. The number of benzene rings is 2. The Morgan fingerprint density at radius 1 is 1.12 bits per heavy atom. The van der Waals surface area contributed by atoms with Crippen molar-refractivity contribution in [2.75, 3.05) is 5.32 Å². The van der Waals surface area contributed by atoms with Crippen LogP contribution in [0.3, 0.4) is 0 Å². The second-order valence-corrected chi connectivity index (χ2v) is 5.82. The molecular formula is C21H19NO4. The smallest absolute Gasteiger partial charge is 0.331 e. The number of nitrogens with one attached hydrogen (secondary N) is 1. The number of aliphatic carboxylic acids is 1. The van der Waals surface area contributed by atoms with Crippen molar-refractivity contribution in [3.8, 4) is 0 Å². The molecule has 2 rings (SSSR count). The van der Waals surface area contributed by atoms with Gasteiger partial charge in [-0.1, -0.05) is 54.6 Å². The first-order chi connectivity index (χ1) is 12.3. The average Bonchev–Trinajstić information content (AvgIpc) is 2.61. The molecule has 26 heavy (non-hydrogen) atoms. The van der Waals surface area contributed by atoms with Gasteiger partial charge in [-0.15, -0.1) is 0 Å². The van der Waals surface area contributed by atoms with E-state index >= 15 is 0 Å². The van der Waals surface area contributed by atoms with E-state index in [4.69, 9.17) is 5.11 Å². The van der Waals surface area contributed by atoms with Crippen molar-refractivity contribution in [3.63, 3.8) is 0 Å². The number of amides is 1. The molecule has 5 nitrogen and oxygen atoms in total. The number of carboxylic acid groups (broad SMARTS) is 1. The summed E-state index contributed by atoms with van der Waals surface area (Å²) in [5, 5.41) is 11.3. The number of hydrogen-bond donors (Lipinski definition) is 2. The maximum Gasteiger partial charge on any atom is 0.331 e. The summed E-state index contributed by atoms with van der Waals surface area (Å²) in [6, 6.07) is 14.2. The van der Waals surface area contributed by atoms with E-state index in [9.17, 15) is 14.4 Å². The topological polar surface area (TPSA) is 83.5 Å². The van der Waals surface area contributed by atoms with Gasteiger partial charge in [0.25, 0.3) is 0 Å². The fourth-order valence-electron chi connectivity index (χ4n) is 2.17. The fourth-order valence-corrected chi connectivity index (χ4v) is 2.17. The molecule has 0 aliphatic carbocycles. The summed E-state index contributed by atoms with van der Waals surface area (Å²) in [5.74, 6) is -1.92. The van der Waals surface area contributed by atoms with Crippen molar-refractivity contribution in [1.82, 2.24) is 0 Å². The van der Waals surface area contributed by atoms with Crippen LogP contribution in [-0.2, 0) is 9.59 Å². The first-order valence-corrected chi connectivity index (χ1v) is 7.95. The largest absolute Gasteiger partial charge is 0.478 e. The zero-order valence-corrected chi connectivity index (χ0v) is 14.4. The fraction of sp³-hybridized carbons (Fsp3) is 0.0952. The summed E-state index contributed by atoms with van der Waals surface area (Å²) in [6.07, 6.45) is 2.88. The molecule has 0 unspecified atom stereocenters. The van der Waals surface area contributed by atoms with E-state index in [0.29, 0.717) is 11.3 Å². The van der Waals surface area contributed by atoms with Gasteiger partial charge in [0.1, 0.15) is 0 Å². The number of allylic oxidation sites excluding steroid dienone is 1. The van der Waals surface area contributed by atoms with E-state index in [2.05, 4.69) is 11.9 Å². The predicted octanol–water partition coefficient (Wildman–Crippen LogP) is 3.86. The Kier molecular flexibility index (Phi) is 6.22. The molecule has 0 saturated carbocycles. The van der Waals surface area contributed by atoms with Crippen molar-refractivity contribution in [1.29, 1.82) is 0 Å². The van der Waals surface area contributed by atoms with Crippen molar-refractivity contribution in [2.45, 2.75) is 13.3 Å². The third-order valence-electron chi connectivity index (χ3n) is 3.61. The summed E-state index contributed by atoms with van der Waals surface area (Å²) in [5.41, 5.74) is 2.70. The first-order valence-electron chi connectivity index (χ1n) is 7.95. The number of carbonyl (C=O) groups is 3. The highest BCUT2D eigenvalue weighted by atomic mass is 16.4. The molecule has 5 heteroatoms. The lowest BCUT2D eigenvalue weighted by Crippen LogP contribution is -2.15. The van der Waals surface area contributed by atoms with Gasteiger partial charge in [0, 0.05) is 16.8 Å². The van der Waals surface area contributed by atoms with Gasteiger partial charge < -0.3 is 10.4 Å². The Labute approximate surface area is 151 Å². The van der Waals surface area contributed by atoms with Gasteiger partial charge in [-0.05, 0) is 30.7 Å². The van der Waals surface area contributed by atoms with Gasteiger partial charge >= 0.3 is 5.97 Å². The van der Waals surface area contributed by atoms with Crippen LogP contribution in [0.2, 0.25) is 0 Å². The lowest BCUT2D eigenvalue weighted by molar-refractivity contribution is -0.133. The number of ketones is 1. The molecule has 2 N–H and O–H groups in total. The summed E-state index contributed by atoms with van der Waals surface area (Å²) in [4.78, 5) is 34.8. The summed E-state index contributed by atoms with van der Waals surface area (Å²) in [7, 11) is 0. The Morgan fingerprint density at radius 3 is 2.46 bits per heavy atom. The van der Waals surface area contributed by atoms with E-state index in [-0.39, 0.29) is 17.8 Å². The average molecular weight is 349 g/mol. The number of carbonyl (C=O) groups excluding carboxylic acids is 2. The molecule has 132 valence electrons. The third kappa shape index (κ3) is 5.56. The monoisotopic (exact) mass is 349 g/mol. The SMILES string of the molecule is C=C(CC(=O)Nc1cccc(C(=O)C=Cc2ccc(C)cc2)c1)C(=O)O. The molecular weight excluding hydrogens is 330 g/mol. The molecule has 0 heterocycles. The van der Waals surface area contributed by atoms with Gasteiger partial charge in [0.15, 0.2) is 5.78 Å². The van der Waals surface area contributed by atoms with Crippen molar-refractivity contribution in [3.05, 3.63) is 83.4 Å². The first kappa shape index (κ1) is 18.9. The minimum Gasteiger partial charge on any atom is -0.478 e. The molecule has 0 aliphatic rings. The van der Waals surface area contributed by atoms with Crippen LogP contribution in [0.15, 0.2) is 66.8 Å². The van der Waals surface area contributed by atoms with Crippen LogP contribution < -0.4 is 5.32 Å².